The lowest BCUT2D eigenvalue weighted by Gasteiger charge is -2.29. The van der Waals surface area contributed by atoms with E-state index in [2.05, 4.69) is 26.0 Å². The standard InChI is InChI=1S/C16H25NO2.ClH/c1-11(2)13-4-5-15(18-3)14(10-13)16(17)12-6-8-19-9-7-12;/h4-5,10-12,16H,6-9,17H2,1-3H3;1H/t16-;/m0./s1. The van der Waals surface area contributed by atoms with E-state index in [0.717, 1.165) is 37.4 Å². The molecule has 0 unspecified atom stereocenters. The Labute approximate surface area is 128 Å². The molecule has 1 aromatic rings. The van der Waals surface area contributed by atoms with Gasteiger partial charge in [-0.3, -0.25) is 0 Å². The molecule has 0 radical (unpaired) electrons. The molecule has 1 fully saturated rings. The van der Waals surface area contributed by atoms with Crippen molar-refractivity contribution in [3.05, 3.63) is 29.3 Å². The van der Waals surface area contributed by atoms with E-state index >= 15 is 0 Å². The molecule has 114 valence electrons. The summed E-state index contributed by atoms with van der Waals surface area (Å²) >= 11 is 0. The van der Waals surface area contributed by atoms with Crippen LogP contribution in [0.1, 0.15) is 49.8 Å². The predicted octanol–water partition coefficient (Wildman–Crippen LogP) is 3.67. The Morgan fingerprint density at radius 2 is 1.90 bits per heavy atom. The summed E-state index contributed by atoms with van der Waals surface area (Å²) in [6.45, 7) is 6.05. The normalized spacial score (nSPS) is 17.6. The summed E-state index contributed by atoms with van der Waals surface area (Å²) in [6, 6.07) is 6.43. The first-order valence-corrected chi connectivity index (χ1v) is 7.14. The number of ether oxygens (including phenoxy) is 2. The number of halogens is 1. The van der Waals surface area contributed by atoms with Crippen molar-refractivity contribution in [3.63, 3.8) is 0 Å². The quantitative estimate of drug-likeness (QED) is 0.922. The van der Waals surface area contributed by atoms with E-state index < -0.39 is 0 Å². The molecular formula is C16H26ClNO2. The van der Waals surface area contributed by atoms with Crippen LogP contribution < -0.4 is 10.5 Å². The fraction of sp³-hybridized carbons (Fsp3) is 0.625. The Morgan fingerprint density at radius 3 is 2.45 bits per heavy atom. The predicted molar refractivity (Wildman–Crippen MR) is 84.8 cm³/mol. The van der Waals surface area contributed by atoms with Crippen molar-refractivity contribution < 1.29 is 9.47 Å². The molecule has 0 amide bonds. The van der Waals surface area contributed by atoms with Crippen LogP contribution in [0.3, 0.4) is 0 Å². The highest BCUT2D eigenvalue weighted by Gasteiger charge is 2.25. The summed E-state index contributed by atoms with van der Waals surface area (Å²) in [7, 11) is 1.71. The maximum absolute atomic E-state index is 6.48. The van der Waals surface area contributed by atoms with Gasteiger partial charge < -0.3 is 15.2 Å². The highest BCUT2D eigenvalue weighted by Crippen LogP contribution is 2.35. The molecule has 2 rings (SSSR count). The maximum atomic E-state index is 6.48. The molecule has 0 saturated carbocycles. The molecule has 4 heteroatoms. The second kappa shape index (κ2) is 7.87. The van der Waals surface area contributed by atoms with Gasteiger partial charge in [0.2, 0.25) is 0 Å². The van der Waals surface area contributed by atoms with Crippen molar-refractivity contribution >= 4 is 12.4 Å². The highest BCUT2D eigenvalue weighted by atomic mass is 35.5. The summed E-state index contributed by atoms with van der Waals surface area (Å²) in [5, 5.41) is 0. The van der Waals surface area contributed by atoms with Crippen molar-refractivity contribution in [1.29, 1.82) is 0 Å². The number of methoxy groups -OCH3 is 1. The Bertz CT molecular complexity index is 417. The van der Waals surface area contributed by atoms with Crippen molar-refractivity contribution in [2.75, 3.05) is 20.3 Å². The molecular weight excluding hydrogens is 274 g/mol. The van der Waals surface area contributed by atoms with Gasteiger partial charge in [0.15, 0.2) is 0 Å². The summed E-state index contributed by atoms with van der Waals surface area (Å²) in [6.07, 6.45) is 2.08. The van der Waals surface area contributed by atoms with Crippen LogP contribution in [0, 0.1) is 5.92 Å². The third kappa shape index (κ3) is 3.87. The molecule has 1 aliphatic rings. The molecule has 0 bridgehead atoms. The van der Waals surface area contributed by atoms with Crippen LogP contribution in [-0.2, 0) is 4.74 Å². The molecule has 3 nitrogen and oxygen atoms in total. The molecule has 0 aliphatic carbocycles. The van der Waals surface area contributed by atoms with Gasteiger partial charge in [-0.2, -0.15) is 0 Å². The zero-order chi connectivity index (χ0) is 13.8. The lowest BCUT2D eigenvalue weighted by molar-refractivity contribution is 0.0581. The van der Waals surface area contributed by atoms with E-state index in [1.165, 1.54) is 5.56 Å². The van der Waals surface area contributed by atoms with Crippen LogP contribution in [0.15, 0.2) is 18.2 Å². The van der Waals surface area contributed by atoms with Crippen LogP contribution >= 0.6 is 12.4 Å². The minimum absolute atomic E-state index is 0. The van der Waals surface area contributed by atoms with Gasteiger partial charge in [-0.25, -0.2) is 0 Å². The Balaban J connectivity index is 0.00000200. The summed E-state index contributed by atoms with van der Waals surface area (Å²) in [4.78, 5) is 0. The molecule has 1 saturated heterocycles. The third-order valence-electron chi connectivity index (χ3n) is 4.05. The van der Waals surface area contributed by atoms with Gasteiger partial charge in [0.05, 0.1) is 7.11 Å². The first-order chi connectivity index (χ1) is 9.13. The monoisotopic (exact) mass is 299 g/mol. The van der Waals surface area contributed by atoms with Crippen molar-refractivity contribution in [3.8, 4) is 5.75 Å². The summed E-state index contributed by atoms with van der Waals surface area (Å²) < 4.78 is 10.9. The minimum atomic E-state index is 0. The Hall–Kier alpha value is -0.770. The third-order valence-corrected chi connectivity index (χ3v) is 4.05. The van der Waals surface area contributed by atoms with Crippen LogP contribution in [0.25, 0.3) is 0 Å². The first kappa shape index (κ1) is 17.3. The van der Waals surface area contributed by atoms with Crippen LogP contribution in [0.2, 0.25) is 0 Å². The van der Waals surface area contributed by atoms with Gasteiger partial charge in [-0.05, 0) is 36.3 Å². The zero-order valence-corrected chi connectivity index (χ0v) is 13.4. The van der Waals surface area contributed by atoms with Crippen molar-refractivity contribution in [2.24, 2.45) is 11.7 Å². The average molecular weight is 300 g/mol. The number of hydrogen-bond acceptors (Lipinski definition) is 3. The van der Waals surface area contributed by atoms with Crippen LogP contribution in [0.5, 0.6) is 5.75 Å². The number of rotatable bonds is 4. The largest absolute Gasteiger partial charge is 0.496 e. The Morgan fingerprint density at radius 1 is 1.25 bits per heavy atom. The topological polar surface area (TPSA) is 44.5 Å². The van der Waals surface area contributed by atoms with Crippen molar-refractivity contribution in [2.45, 2.75) is 38.6 Å². The molecule has 0 spiro atoms. The highest BCUT2D eigenvalue weighted by molar-refractivity contribution is 5.85. The molecule has 1 heterocycles. The molecule has 20 heavy (non-hydrogen) atoms. The van der Waals surface area contributed by atoms with E-state index in [-0.39, 0.29) is 18.4 Å². The average Bonchev–Trinajstić information content (AvgIpc) is 2.46. The second-order valence-electron chi connectivity index (χ2n) is 5.63. The van der Waals surface area contributed by atoms with E-state index in [9.17, 15) is 0 Å². The number of nitrogens with two attached hydrogens (primary N) is 1. The van der Waals surface area contributed by atoms with Gasteiger partial charge in [-0.15, -0.1) is 12.4 Å². The fourth-order valence-electron chi connectivity index (χ4n) is 2.70. The van der Waals surface area contributed by atoms with Gasteiger partial charge in [-0.1, -0.05) is 26.0 Å². The van der Waals surface area contributed by atoms with E-state index in [1.54, 1.807) is 7.11 Å². The van der Waals surface area contributed by atoms with Crippen molar-refractivity contribution in [1.82, 2.24) is 0 Å². The number of benzene rings is 1. The maximum Gasteiger partial charge on any atom is 0.123 e. The fourth-order valence-corrected chi connectivity index (χ4v) is 2.70. The lowest BCUT2D eigenvalue weighted by Crippen LogP contribution is -2.27. The van der Waals surface area contributed by atoms with Crippen LogP contribution in [-0.4, -0.2) is 20.3 Å². The number of hydrogen-bond donors (Lipinski definition) is 1. The summed E-state index contributed by atoms with van der Waals surface area (Å²) in [5.74, 6) is 1.90. The van der Waals surface area contributed by atoms with E-state index in [1.807, 2.05) is 6.07 Å². The summed E-state index contributed by atoms with van der Waals surface area (Å²) in [5.41, 5.74) is 8.94. The molecule has 1 aliphatic heterocycles. The zero-order valence-electron chi connectivity index (χ0n) is 12.6. The lowest BCUT2D eigenvalue weighted by atomic mass is 9.86. The van der Waals surface area contributed by atoms with E-state index in [4.69, 9.17) is 15.2 Å². The van der Waals surface area contributed by atoms with Gasteiger partial charge in [0, 0.05) is 24.8 Å². The minimum Gasteiger partial charge on any atom is -0.496 e. The first-order valence-electron chi connectivity index (χ1n) is 7.14. The Kier molecular flexibility index (Phi) is 6.80. The molecule has 1 atom stereocenters. The molecule has 0 aromatic heterocycles. The van der Waals surface area contributed by atoms with Gasteiger partial charge in [0.1, 0.15) is 5.75 Å². The van der Waals surface area contributed by atoms with E-state index in [0.29, 0.717) is 11.8 Å². The molecule has 1 aromatic carbocycles. The molecule has 2 N–H and O–H groups in total. The second-order valence-corrected chi connectivity index (χ2v) is 5.63. The smallest absolute Gasteiger partial charge is 0.123 e. The van der Waals surface area contributed by atoms with Gasteiger partial charge >= 0.3 is 0 Å². The van der Waals surface area contributed by atoms with Gasteiger partial charge in [0.25, 0.3) is 0 Å². The SMILES string of the molecule is COc1ccc(C(C)C)cc1[C@@H](N)C1CCOCC1.Cl. The van der Waals surface area contributed by atoms with Crippen LogP contribution in [0.4, 0.5) is 0 Å².